The summed E-state index contributed by atoms with van der Waals surface area (Å²) < 4.78 is 4.95. The zero-order chi connectivity index (χ0) is 12.4. The molecule has 2 unspecified atom stereocenters. The molecule has 0 amide bonds. The van der Waals surface area contributed by atoms with Crippen molar-refractivity contribution in [3.8, 4) is 0 Å². The summed E-state index contributed by atoms with van der Waals surface area (Å²) in [5, 5.41) is 3.34. The van der Waals surface area contributed by atoms with E-state index in [1.807, 2.05) is 0 Å². The van der Waals surface area contributed by atoms with Crippen LogP contribution in [-0.4, -0.2) is 18.6 Å². The summed E-state index contributed by atoms with van der Waals surface area (Å²) in [7, 11) is 0. The summed E-state index contributed by atoms with van der Waals surface area (Å²) in [6.07, 6.45) is 0.772. The van der Waals surface area contributed by atoms with Gasteiger partial charge in [0.1, 0.15) is 6.04 Å². The number of esters is 1. The fraction of sp³-hybridized carbons (Fsp3) is 0.500. The van der Waals surface area contributed by atoms with Crippen LogP contribution in [0.2, 0.25) is 0 Å². The second kappa shape index (κ2) is 4.88. The van der Waals surface area contributed by atoms with Crippen molar-refractivity contribution >= 4 is 5.97 Å². The smallest absolute Gasteiger partial charge is 0.323 e. The Labute approximate surface area is 102 Å². The van der Waals surface area contributed by atoms with Crippen LogP contribution in [0.5, 0.6) is 0 Å². The number of hydrogen-bond donors (Lipinski definition) is 1. The average molecular weight is 233 g/mol. The van der Waals surface area contributed by atoms with Gasteiger partial charge in [-0.2, -0.15) is 0 Å². The number of hydrogen-bond acceptors (Lipinski definition) is 3. The van der Waals surface area contributed by atoms with Crippen molar-refractivity contribution in [2.75, 3.05) is 6.61 Å². The largest absolute Gasteiger partial charge is 0.464 e. The number of aryl methyl sites for hydroxylation is 2. The van der Waals surface area contributed by atoms with Gasteiger partial charge in [-0.1, -0.05) is 23.8 Å². The Morgan fingerprint density at radius 2 is 2.18 bits per heavy atom. The van der Waals surface area contributed by atoms with Crippen LogP contribution in [0, 0.1) is 13.8 Å². The fourth-order valence-corrected chi connectivity index (χ4v) is 2.27. The van der Waals surface area contributed by atoms with Gasteiger partial charge in [-0.25, -0.2) is 0 Å². The van der Waals surface area contributed by atoms with Crippen LogP contribution in [-0.2, 0) is 9.53 Å². The van der Waals surface area contributed by atoms with Crippen molar-refractivity contribution in [1.82, 2.24) is 5.32 Å². The van der Waals surface area contributed by atoms with E-state index in [2.05, 4.69) is 44.3 Å². The van der Waals surface area contributed by atoms with Crippen LogP contribution >= 0.6 is 0 Å². The van der Waals surface area contributed by atoms with Crippen LogP contribution in [0.15, 0.2) is 18.2 Å². The standard InChI is InChI=1S/C14H19NO2/c1-9-4-5-10(2)12(8-9)11(3)15-13-6-7-17-14(13)16/h4-5,8,11,13,15H,6-7H2,1-3H3. The minimum Gasteiger partial charge on any atom is -0.464 e. The van der Waals surface area contributed by atoms with Gasteiger partial charge in [0, 0.05) is 12.5 Å². The Hall–Kier alpha value is -1.35. The van der Waals surface area contributed by atoms with E-state index in [1.165, 1.54) is 16.7 Å². The second-order valence-corrected chi connectivity index (χ2v) is 4.76. The Kier molecular flexibility index (Phi) is 3.48. The Balaban J connectivity index is 2.11. The highest BCUT2D eigenvalue weighted by Crippen LogP contribution is 2.20. The molecule has 3 nitrogen and oxygen atoms in total. The van der Waals surface area contributed by atoms with E-state index >= 15 is 0 Å². The summed E-state index contributed by atoms with van der Waals surface area (Å²) >= 11 is 0. The molecule has 0 spiro atoms. The SMILES string of the molecule is Cc1ccc(C)c(C(C)NC2CCOC2=O)c1. The minimum absolute atomic E-state index is 0.123. The van der Waals surface area contributed by atoms with Crippen LogP contribution in [0.3, 0.4) is 0 Å². The normalized spacial score (nSPS) is 21.4. The molecule has 1 N–H and O–H groups in total. The molecule has 1 saturated heterocycles. The minimum atomic E-state index is -0.148. The van der Waals surface area contributed by atoms with Gasteiger partial charge >= 0.3 is 5.97 Å². The van der Waals surface area contributed by atoms with Crippen LogP contribution in [0.25, 0.3) is 0 Å². The lowest BCUT2D eigenvalue weighted by molar-refractivity contribution is -0.139. The molecule has 0 aliphatic carbocycles. The molecule has 17 heavy (non-hydrogen) atoms. The highest BCUT2D eigenvalue weighted by molar-refractivity contribution is 5.77. The third-order valence-electron chi connectivity index (χ3n) is 3.29. The predicted molar refractivity (Wildman–Crippen MR) is 66.8 cm³/mol. The molecule has 92 valence electrons. The Bertz CT molecular complexity index is 428. The molecule has 2 rings (SSSR count). The van der Waals surface area contributed by atoms with Crippen molar-refractivity contribution < 1.29 is 9.53 Å². The summed E-state index contributed by atoms with van der Waals surface area (Å²) in [4.78, 5) is 11.4. The van der Waals surface area contributed by atoms with Gasteiger partial charge in [0.25, 0.3) is 0 Å². The molecule has 0 bridgehead atoms. The molecule has 1 heterocycles. The van der Waals surface area contributed by atoms with E-state index < -0.39 is 0 Å². The molecule has 0 radical (unpaired) electrons. The van der Waals surface area contributed by atoms with E-state index in [4.69, 9.17) is 4.74 Å². The first-order chi connectivity index (χ1) is 8.08. The summed E-state index contributed by atoms with van der Waals surface area (Å²) in [6.45, 7) is 6.81. The van der Waals surface area contributed by atoms with Gasteiger partial charge in [-0.05, 0) is 31.9 Å². The maximum atomic E-state index is 11.4. The van der Waals surface area contributed by atoms with Gasteiger partial charge in [-0.15, -0.1) is 0 Å². The summed E-state index contributed by atoms with van der Waals surface area (Å²) in [5.41, 5.74) is 3.75. The summed E-state index contributed by atoms with van der Waals surface area (Å²) in [5.74, 6) is -0.123. The molecule has 1 aromatic rings. The summed E-state index contributed by atoms with van der Waals surface area (Å²) in [6, 6.07) is 6.42. The van der Waals surface area contributed by atoms with Crippen LogP contribution in [0.1, 0.15) is 36.1 Å². The first-order valence-corrected chi connectivity index (χ1v) is 6.08. The molecule has 1 fully saturated rings. The van der Waals surface area contributed by atoms with Crippen molar-refractivity contribution in [2.45, 2.75) is 39.3 Å². The zero-order valence-electron chi connectivity index (χ0n) is 10.6. The van der Waals surface area contributed by atoms with E-state index in [9.17, 15) is 4.79 Å². The lowest BCUT2D eigenvalue weighted by Crippen LogP contribution is -2.35. The van der Waals surface area contributed by atoms with Gasteiger partial charge in [-0.3, -0.25) is 10.1 Å². The maximum absolute atomic E-state index is 11.4. The van der Waals surface area contributed by atoms with Gasteiger partial charge in [0.05, 0.1) is 6.61 Å². The lowest BCUT2D eigenvalue weighted by Gasteiger charge is -2.19. The van der Waals surface area contributed by atoms with Crippen molar-refractivity contribution in [3.05, 3.63) is 34.9 Å². The molecule has 0 aromatic heterocycles. The third-order valence-corrected chi connectivity index (χ3v) is 3.29. The van der Waals surface area contributed by atoms with E-state index in [-0.39, 0.29) is 18.1 Å². The second-order valence-electron chi connectivity index (χ2n) is 4.76. The molecular formula is C14H19NO2. The quantitative estimate of drug-likeness (QED) is 0.814. The number of carbonyl (C=O) groups excluding carboxylic acids is 1. The maximum Gasteiger partial charge on any atom is 0.323 e. The van der Waals surface area contributed by atoms with Crippen LogP contribution in [0.4, 0.5) is 0 Å². The number of cyclic esters (lactones) is 1. The molecule has 1 aromatic carbocycles. The molecule has 3 heteroatoms. The first-order valence-electron chi connectivity index (χ1n) is 6.08. The average Bonchev–Trinajstić information content (AvgIpc) is 2.68. The Morgan fingerprint density at radius 1 is 1.41 bits per heavy atom. The predicted octanol–water partition coefficient (Wildman–Crippen LogP) is 2.27. The number of rotatable bonds is 3. The number of benzene rings is 1. The molecular weight excluding hydrogens is 214 g/mol. The highest BCUT2D eigenvalue weighted by Gasteiger charge is 2.27. The third kappa shape index (κ3) is 2.67. The highest BCUT2D eigenvalue weighted by atomic mass is 16.5. The zero-order valence-corrected chi connectivity index (χ0v) is 10.6. The first kappa shape index (κ1) is 12.1. The van der Waals surface area contributed by atoms with Crippen molar-refractivity contribution in [3.63, 3.8) is 0 Å². The van der Waals surface area contributed by atoms with Gasteiger partial charge in [0.15, 0.2) is 0 Å². The topological polar surface area (TPSA) is 38.3 Å². The monoisotopic (exact) mass is 233 g/mol. The van der Waals surface area contributed by atoms with E-state index in [0.29, 0.717) is 6.61 Å². The molecule has 2 atom stereocenters. The fourth-order valence-electron chi connectivity index (χ4n) is 2.27. The van der Waals surface area contributed by atoms with Gasteiger partial charge < -0.3 is 4.74 Å². The number of nitrogens with one attached hydrogen (secondary N) is 1. The van der Waals surface area contributed by atoms with Crippen molar-refractivity contribution in [1.29, 1.82) is 0 Å². The molecule has 1 aliphatic rings. The molecule has 1 aliphatic heterocycles. The molecule has 0 saturated carbocycles. The van der Waals surface area contributed by atoms with E-state index in [1.54, 1.807) is 0 Å². The lowest BCUT2D eigenvalue weighted by atomic mass is 9.99. The van der Waals surface area contributed by atoms with Crippen LogP contribution < -0.4 is 5.32 Å². The van der Waals surface area contributed by atoms with Gasteiger partial charge in [0.2, 0.25) is 0 Å². The number of carbonyl (C=O) groups is 1. The van der Waals surface area contributed by atoms with Crippen molar-refractivity contribution in [2.24, 2.45) is 0 Å². The Morgan fingerprint density at radius 3 is 2.82 bits per heavy atom. The number of ether oxygens (including phenoxy) is 1. The van der Waals surface area contributed by atoms with E-state index in [0.717, 1.165) is 6.42 Å².